The van der Waals surface area contributed by atoms with Gasteiger partial charge in [0.15, 0.2) is 0 Å². The van der Waals surface area contributed by atoms with Gasteiger partial charge < -0.3 is 10.2 Å². The summed E-state index contributed by atoms with van der Waals surface area (Å²) in [5.74, 6) is -0.444. The van der Waals surface area contributed by atoms with Crippen molar-refractivity contribution >= 4 is 39.1 Å². The van der Waals surface area contributed by atoms with Crippen molar-refractivity contribution in [2.24, 2.45) is 0 Å². The summed E-state index contributed by atoms with van der Waals surface area (Å²) >= 11 is 6.34. The molecule has 1 atom stereocenters. The largest absolute Gasteiger partial charge is 0.355 e. The highest BCUT2D eigenvalue weighted by Gasteiger charge is 2.29. The number of anilines is 1. The smallest absolute Gasteiger partial charge is 0.242 e. The number of carbonyl (C=O) groups excluding carboxylic acids is 2. The zero-order chi connectivity index (χ0) is 26.2. The number of sulfonamides is 1. The third-order valence-electron chi connectivity index (χ3n) is 5.68. The molecule has 1 unspecified atom stereocenters. The third kappa shape index (κ3) is 8.25. The number of rotatable bonds is 12. The van der Waals surface area contributed by atoms with Crippen molar-refractivity contribution in [1.29, 1.82) is 0 Å². The van der Waals surface area contributed by atoms with Gasteiger partial charge in [0.25, 0.3) is 0 Å². The van der Waals surface area contributed by atoms with Gasteiger partial charge in [-0.25, -0.2) is 8.42 Å². The molecule has 0 aliphatic heterocycles. The fourth-order valence-electron chi connectivity index (χ4n) is 4.12. The standard InChI is InChI=1S/C26H36ClN3O4S/c1-6-24(26(32)28-7-2)29(18-21-11-8-9-12-23(21)27)25(31)13-10-14-30(35(5,33)34)22-16-19(3)15-20(4)17-22/h8-9,11-12,15-17,24H,6-7,10,13-14,18H2,1-5H3,(H,28,32). The minimum atomic E-state index is -3.54. The Morgan fingerprint density at radius 2 is 1.69 bits per heavy atom. The van der Waals surface area contributed by atoms with E-state index >= 15 is 0 Å². The van der Waals surface area contributed by atoms with Crippen LogP contribution in [0.2, 0.25) is 5.02 Å². The topological polar surface area (TPSA) is 86.8 Å². The molecule has 1 N–H and O–H groups in total. The molecule has 35 heavy (non-hydrogen) atoms. The van der Waals surface area contributed by atoms with E-state index in [4.69, 9.17) is 11.6 Å². The summed E-state index contributed by atoms with van der Waals surface area (Å²) in [4.78, 5) is 27.7. The maximum absolute atomic E-state index is 13.4. The van der Waals surface area contributed by atoms with Gasteiger partial charge in [-0.05, 0) is 68.5 Å². The number of halogens is 1. The van der Waals surface area contributed by atoms with E-state index in [-0.39, 0.29) is 31.3 Å². The van der Waals surface area contributed by atoms with E-state index in [9.17, 15) is 18.0 Å². The summed E-state index contributed by atoms with van der Waals surface area (Å²) in [5.41, 5.74) is 3.25. The van der Waals surface area contributed by atoms with Crippen LogP contribution in [-0.4, -0.2) is 50.5 Å². The summed E-state index contributed by atoms with van der Waals surface area (Å²) in [7, 11) is -3.54. The van der Waals surface area contributed by atoms with Crippen molar-refractivity contribution in [2.75, 3.05) is 23.7 Å². The van der Waals surface area contributed by atoms with Crippen molar-refractivity contribution in [1.82, 2.24) is 10.2 Å². The van der Waals surface area contributed by atoms with Gasteiger partial charge in [-0.15, -0.1) is 0 Å². The first kappa shape index (κ1) is 28.7. The van der Waals surface area contributed by atoms with Crippen LogP contribution in [0.5, 0.6) is 0 Å². The first-order chi connectivity index (χ1) is 16.5. The highest BCUT2D eigenvalue weighted by Crippen LogP contribution is 2.23. The van der Waals surface area contributed by atoms with Crippen LogP contribution >= 0.6 is 11.6 Å². The molecule has 0 bridgehead atoms. The van der Waals surface area contributed by atoms with Crippen LogP contribution in [0.15, 0.2) is 42.5 Å². The van der Waals surface area contributed by atoms with Crippen LogP contribution in [0, 0.1) is 13.8 Å². The van der Waals surface area contributed by atoms with Gasteiger partial charge >= 0.3 is 0 Å². The van der Waals surface area contributed by atoms with Gasteiger partial charge in [-0.2, -0.15) is 0 Å². The normalized spacial score (nSPS) is 12.2. The fraction of sp³-hybridized carbons (Fsp3) is 0.462. The molecule has 0 aliphatic rings. The lowest BCUT2D eigenvalue weighted by Gasteiger charge is -2.31. The van der Waals surface area contributed by atoms with E-state index in [2.05, 4.69) is 5.32 Å². The predicted octanol–water partition coefficient (Wildman–Crippen LogP) is 4.45. The number of nitrogens with zero attached hydrogens (tertiary/aromatic N) is 2. The second-order valence-electron chi connectivity index (χ2n) is 8.72. The van der Waals surface area contributed by atoms with Crippen LogP contribution in [-0.2, 0) is 26.2 Å². The quantitative estimate of drug-likeness (QED) is 0.447. The van der Waals surface area contributed by atoms with Crippen molar-refractivity contribution in [2.45, 2.75) is 59.5 Å². The zero-order valence-corrected chi connectivity index (χ0v) is 22.7. The number of aryl methyl sites for hydroxylation is 2. The van der Waals surface area contributed by atoms with E-state index in [0.29, 0.717) is 30.1 Å². The maximum Gasteiger partial charge on any atom is 0.242 e. The highest BCUT2D eigenvalue weighted by atomic mass is 35.5. The van der Waals surface area contributed by atoms with E-state index in [0.717, 1.165) is 16.7 Å². The number of hydrogen-bond donors (Lipinski definition) is 1. The van der Waals surface area contributed by atoms with Crippen molar-refractivity contribution in [3.05, 3.63) is 64.2 Å². The molecule has 7 nitrogen and oxygen atoms in total. The SMILES string of the molecule is CCNC(=O)C(CC)N(Cc1ccccc1Cl)C(=O)CCCN(c1cc(C)cc(C)c1)S(C)(=O)=O. The average Bonchev–Trinajstić information content (AvgIpc) is 2.76. The minimum absolute atomic E-state index is 0.0944. The molecular weight excluding hydrogens is 486 g/mol. The van der Waals surface area contributed by atoms with E-state index in [1.54, 1.807) is 11.0 Å². The molecule has 2 aromatic carbocycles. The number of benzene rings is 2. The Hall–Kier alpha value is -2.58. The van der Waals surface area contributed by atoms with Gasteiger partial charge in [0.1, 0.15) is 6.04 Å². The van der Waals surface area contributed by atoms with E-state index < -0.39 is 16.1 Å². The monoisotopic (exact) mass is 521 g/mol. The van der Waals surface area contributed by atoms with Gasteiger partial charge in [-0.3, -0.25) is 13.9 Å². The van der Waals surface area contributed by atoms with Gasteiger partial charge in [0, 0.05) is 31.1 Å². The number of hydrogen-bond acceptors (Lipinski definition) is 4. The van der Waals surface area contributed by atoms with Crippen LogP contribution in [0.3, 0.4) is 0 Å². The summed E-state index contributed by atoms with van der Waals surface area (Å²) in [5, 5.41) is 3.33. The van der Waals surface area contributed by atoms with Crippen molar-refractivity contribution in [3.8, 4) is 0 Å². The molecule has 0 heterocycles. The van der Waals surface area contributed by atoms with Crippen LogP contribution in [0.4, 0.5) is 5.69 Å². The molecule has 0 aromatic heterocycles. The van der Waals surface area contributed by atoms with Crippen molar-refractivity contribution < 1.29 is 18.0 Å². The molecule has 0 spiro atoms. The first-order valence-corrected chi connectivity index (χ1v) is 14.1. The molecule has 0 saturated heterocycles. The first-order valence-electron chi connectivity index (χ1n) is 11.8. The molecule has 192 valence electrons. The lowest BCUT2D eigenvalue weighted by Crippen LogP contribution is -2.49. The molecule has 0 radical (unpaired) electrons. The van der Waals surface area contributed by atoms with Crippen LogP contribution in [0.1, 0.15) is 49.8 Å². The average molecular weight is 522 g/mol. The van der Waals surface area contributed by atoms with Crippen molar-refractivity contribution in [3.63, 3.8) is 0 Å². The summed E-state index contributed by atoms with van der Waals surface area (Å²) < 4.78 is 26.4. The van der Waals surface area contributed by atoms with Gasteiger partial charge in [-0.1, -0.05) is 42.8 Å². The number of amides is 2. The number of nitrogens with one attached hydrogen (secondary N) is 1. The second-order valence-corrected chi connectivity index (χ2v) is 11.0. The molecule has 9 heteroatoms. The predicted molar refractivity (Wildman–Crippen MR) is 142 cm³/mol. The molecular formula is C26H36ClN3O4S. The number of carbonyl (C=O) groups is 2. The molecule has 2 rings (SSSR count). The molecule has 2 amide bonds. The van der Waals surface area contributed by atoms with Crippen LogP contribution < -0.4 is 9.62 Å². The number of likely N-dealkylation sites (N-methyl/N-ethyl adjacent to an activating group) is 1. The third-order valence-corrected chi connectivity index (χ3v) is 7.24. The summed E-state index contributed by atoms with van der Waals surface area (Å²) in [6.45, 7) is 8.34. The molecule has 0 aliphatic carbocycles. The zero-order valence-electron chi connectivity index (χ0n) is 21.2. The Balaban J connectivity index is 2.24. The molecule has 2 aromatic rings. The lowest BCUT2D eigenvalue weighted by atomic mass is 10.1. The highest BCUT2D eigenvalue weighted by molar-refractivity contribution is 7.92. The Bertz CT molecular complexity index is 1120. The molecule has 0 saturated carbocycles. The Labute approximate surface area is 214 Å². The Morgan fingerprint density at radius 1 is 1.06 bits per heavy atom. The second kappa shape index (κ2) is 12.9. The minimum Gasteiger partial charge on any atom is -0.355 e. The van der Waals surface area contributed by atoms with Gasteiger partial charge in [0.2, 0.25) is 21.8 Å². The Morgan fingerprint density at radius 3 is 2.23 bits per heavy atom. The fourth-order valence-corrected chi connectivity index (χ4v) is 5.26. The summed E-state index contributed by atoms with van der Waals surface area (Å²) in [6, 6.07) is 12.2. The van der Waals surface area contributed by atoms with Gasteiger partial charge in [0.05, 0.1) is 11.9 Å². The molecule has 0 fully saturated rings. The van der Waals surface area contributed by atoms with E-state index in [1.807, 2.05) is 64.1 Å². The van der Waals surface area contributed by atoms with Crippen LogP contribution in [0.25, 0.3) is 0 Å². The van der Waals surface area contributed by atoms with E-state index in [1.165, 1.54) is 10.6 Å². The Kier molecular flexibility index (Phi) is 10.6. The summed E-state index contributed by atoms with van der Waals surface area (Å²) in [6.07, 6.45) is 2.01. The maximum atomic E-state index is 13.4. The lowest BCUT2D eigenvalue weighted by molar-refractivity contribution is -0.141.